The van der Waals surface area contributed by atoms with E-state index in [1.165, 1.54) is 12.8 Å². The van der Waals surface area contributed by atoms with Crippen LogP contribution in [0.15, 0.2) is 4.99 Å². The van der Waals surface area contributed by atoms with Crippen LogP contribution in [0.1, 0.15) is 39.5 Å². The van der Waals surface area contributed by atoms with Gasteiger partial charge in [-0.25, -0.2) is 8.42 Å². The van der Waals surface area contributed by atoms with Gasteiger partial charge in [-0.15, -0.1) is 0 Å². The van der Waals surface area contributed by atoms with Gasteiger partial charge in [0.1, 0.15) is 0 Å². The highest BCUT2D eigenvalue weighted by Crippen LogP contribution is 2.16. The van der Waals surface area contributed by atoms with Gasteiger partial charge in [0.15, 0.2) is 15.8 Å². The lowest BCUT2D eigenvalue weighted by Crippen LogP contribution is -2.45. The molecule has 0 aliphatic carbocycles. The molecule has 0 spiro atoms. The maximum atomic E-state index is 12.0. The highest BCUT2D eigenvalue weighted by Gasteiger charge is 2.28. The number of carbonyl (C=O) groups excluding carboxylic acids is 1. The summed E-state index contributed by atoms with van der Waals surface area (Å²) in [4.78, 5) is 18.8. The quantitative estimate of drug-likeness (QED) is 0.548. The molecule has 0 radical (unpaired) electrons. The molecule has 2 aliphatic rings. The summed E-state index contributed by atoms with van der Waals surface area (Å²) in [5, 5.41) is 6.09. The molecule has 0 bridgehead atoms. The molecule has 0 aromatic rings. The maximum Gasteiger partial charge on any atom is 0.222 e. The van der Waals surface area contributed by atoms with E-state index in [1.807, 2.05) is 6.92 Å². The monoisotopic (exact) mass is 358 g/mol. The largest absolute Gasteiger partial charge is 0.357 e. The van der Waals surface area contributed by atoms with E-state index < -0.39 is 9.84 Å². The smallest absolute Gasteiger partial charge is 0.222 e. The zero-order valence-electron chi connectivity index (χ0n) is 14.8. The first kappa shape index (κ1) is 19.0. The molecular weight excluding hydrogens is 328 g/mol. The fourth-order valence-corrected chi connectivity index (χ4v) is 4.79. The molecule has 2 saturated heterocycles. The average Bonchev–Trinajstić information content (AvgIpc) is 2.86. The predicted molar refractivity (Wildman–Crippen MR) is 95.8 cm³/mol. The van der Waals surface area contributed by atoms with Gasteiger partial charge in [-0.3, -0.25) is 9.79 Å². The second kappa shape index (κ2) is 8.69. The lowest BCUT2D eigenvalue weighted by Gasteiger charge is -2.33. The van der Waals surface area contributed by atoms with Crippen molar-refractivity contribution in [3.63, 3.8) is 0 Å². The summed E-state index contributed by atoms with van der Waals surface area (Å²) in [6.07, 6.45) is 3.14. The number of amides is 1. The molecule has 1 unspecified atom stereocenters. The van der Waals surface area contributed by atoms with Gasteiger partial charge in [-0.05, 0) is 32.1 Å². The minimum Gasteiger partial charge on any atom is -0.357 e. The first-order valence-corrected chi connectivity index (χ1v) is 10.7. The number of aliphatic imine (C=N–C) groups is 1. The van der Waals surface area contributed by atoms with Crippen LogP contribution in [0.4, 0.5) is 0 Å². The third-order valence-corrected chi connectivity index (χ3v) is 6.38. The molecule has 7 nitrogen and oxygen atoms in total. The number of piperidine rings is 1. The summed E-state index contributed by atoms with van der Waals surface area (Å²) in [5.74, 6) is 1.76. The molecule has 2 aliphatic heterocycles. The van der Waals surface area contributed by atoms with E-state index in [2.05, 4.69) is 27.4 Å². The molecule has 2 fully saturated rings. The highest BCUT2D eigenvalue weighted by atomic mass is 32.2. The van der Waals surface area contributed by atoms with Gasteiger partial charge in [0.2, 0.25) is 5.91 Å². The van der Waals surface area contributed by atoms with E-state index in [9.17, 15) is 13.2 Å². The van der Waals surface area contributed by atoms with E-state index in [4.69, 9.17) is 0 Å². The van der Waals surface area contributed by atoms with E-state index in [0.29, 0.717) is 13.0 Å². The third kappa shape index (κ3) is 5.96. The van der Waals surface area contributed by atoms with Gasteiger partial charge >= 0.3 is 0 Å². The Kier molecular flexibility index (Phi) is 6.89. The minimum absolute atomic E-state index is 0.0661. The molecule has 8 heteroatoms. The van der Waals surface area contributed by atoms with Crippen molar-refractivity contribution in [2.45, 2.75) is 45.6 Å². The number of nitrogens with one attached hydrogen (secondary N) is 2. The van der Waals surface area contributed by atoms with Gasteiger partial charge in [0.05, 0.1) is 18.1 Å². The number of carbonyl (C=O) groups is 1. The molecule has 2 heterocycles. The van der Waals surface area contributed by atoms with Gasteiger partial charge in [-0.2, -0.15) is 0 Å². The Bertz CT molecular complexity index is 554. The van der Waals surface area contributed by atoms with Crippen molar-refractivity contribution in [1.29, 1.82) is 0 Å². The third-order valence-electron chi connectivity index (χ3n) is 4.62. The molecule has 24 heavy (non-hydrogen) atoms. The van der Waals surface area contributed by atoms with E-state index >= 15 is 0 Å². The molecule has 138 valence electrons. The number of hydrogen-bond donors (Lipinski definition) is 2. The summed E-state index contributed by atoms with van der Waals surface area (Å²) >= 11 is 0. The van der Waals surface area contributed by atoms with Crippen molar-refractivity contribution in [3.8, 4) is 0 Å². The molecule has 0 aromatic heterocycles. The number of hydrogen-bond acceptors (Lipinski definition) is 4. The Morgan fingerprint density at radius 3 is 2.54 bits per heavy atom. The predicted octanol–water partition coefficient (Wildman–Crippen LogP) is 0.377. The van der Waals surface area contributed by atoms with Gasteiger partial charge in [0.25, 0.3) is 0 Å². The Morgan fingerprint density at radius 1 is 1.25 bits per heavy atom. The van der Waals surface area contributed by atoms with Gasteiger partial charge in [-0.1, -0.05) is 6.92 Å². The van der Waals surface area contributed by atoms with Gasteiger partial charge in [0, 0.05) is 32.1 Å². The van der Waals surface area contributed by atoms with E-state index in [0.717, 1.165) is 31.5 Å². The molecule has 1 atom stereocenters. The SMILES string of the molecule is CCNC(=NCCC(=O)NC1CCS(=O)(=O)C1)N1CCC(C)CC1. The van der Waals surface area contributed by atoms with Crippen molar-refractivity contribution < 1.29 is 13.2 Å². The second-order valence-corrected chi connectivity index (χ2v) is 9.05. The van der Waals surface area contributed by atoms with Crippen LogP contribution in [-0.4, -0.2) is 68.9 Å². The van der Waals surface area contributed by atoms with Crippen LogP contribution in [0, 0.1) is 5.92 Å². The molecule has 2 N–H and O–H groups in total. The number of sulfone groups is 1. The lowest BCUT2D eigenvalue weighted by atomic mass is 10.00. The summed E-state index contributed by atoms with van der Waals surface area (Å²) in [7, 11) is -2.96. The molecule has 0 aromatic carbocycles. The Hall–Kier alpha value is -1.31. The van der Waals surface area contributed by atoms with Gasteiger partial charge < -0.3 is 15.5 Å². The minimum atomic E-state index is -2.96. The van der Waals surface area contributed by atoms with E-state index in [-0.39, 0.29) is 29.9 Å². The normalized spacial score (nSPS) is 24.8. The number of guanidine groups is 1. The van der Waals surface area contributed by atoms with Crippen molar-refractivity contribution in [3.05, 3.63) is 0 Å². The Labute approximate surface area is 145 Å². The number of nitrogens with zero attached hydrogens (tertiary/aromatic N) is 2. The first-order chi connectivity index (χ1) is 11.4. The molecule has 2 rings (SSSR count). The highest BCUT2D eigenvalue weighted by molar-refractivity contribution is 7.91. The van der Waals surface area contributed by atoms with Crippen molar-refractivity contribution in [2.24, 2.45) is 10.9 Å². The summed E-state index contributed by atoms with van der Waals surface area (Å²) < 4.78 is 22.8. The summed E-state index contributed by atoms with van der Waals surface area (Å²) in [5.41, 5.74) is 0. The van der Waals surface area contributed by atoms with Crippen LogP contribution in [0.25, 0.3) is 0 Å². The molecule has 0 saturated carbocycles. The fraction of sp³-hybridized carbons (Fsp3) is 0.875. The van der Waals surface area contributed by atoms with E-state index in [1.54, 1.807) is 0 Å². The number of likely N-dealkylation sites (tertiary alicyclic amines) is 1. The lowest BCUT2D eigenvalue weighted by molar-refractivity contribution is -0.121. The standard InChI is InChI=1S/C16H30N4O3S/c1-3-17-16(20-9-5-13(2)6-10-20)18-8-4-15(21)19-14-7-11-24(22,23)12-14/h13-14H,3-12H2,1-2H3,(H,17,18)(H,19,21). The average molecular weight is 359 g/mol. The zero-order chi connectivity index (χ0) is 17.6. The van der Waals surface area contributed by atoms with Crippen molar-refractivity contribution >= 4 is 21.7 Å². The van der Waals surface area contributed by atoms with Crippen LogP contribution in [-0.2, 0) is 14.6 Å². The van der Waals surface area contributed by atoms with Crippen molar-refractivity contribution in [1.82, 2.24) is 15.5 Å². The number of rotatable bonds is 5. The topological polar surface area (TPSA) is 90.9 Å². The fourth-order valence-electron chi connectivity index (χ4n) is 3.12. The molecule has 1 amide bonds. The first-order valence-electron chi connectivity index (χ1n) is 8.92. The summed E-state index contributed by atoms with van der Waals surface area (Å²) in [6.45, 7) is 7.53. The zero-order valence-corrected chi connectivity index (χ0v) is 15.6. The Balaban J connectivity index is 1.78. The van der Waals surface area contributed by atoms with Crippen LogP contribution in [0.3, 0.4) is 0 Å². The van der Waals surface area contributed by atoms with Crippen molar-refractivity contribution in [2.75, 3.05) is 37.7 Å². The van der Waals surface area contributed by atoms with Crippen LogP contribution in [0.5, 0.6) is 0 Å². The Morgan fingerprint density at radius 2 is 1.96 bits per heavy atom. The van der Waals surface area contributed by atoms with Crippen LogP contribution < -0.4 is 10.6 Å². The molecular formula is C16H30N4O3S. The second-order valence-electron chi connectivity index (χ2n) is 6.82. The maximum absolute atomic E-state index is 12.0. The van der Waals surface area contributed by atoms with Crippen LogP contribution in [0.2, 0.25) is 0 Å². The summed E-state index contributed by atoms with van der Waals surface area (Å²) in [6, 6.07) is -0.233. The van der Waals surface area contributed by atoms with Crippen LogP contribution >= 0.6 is 0 Å².